The van der Waals surface area contributed by atoms with Gasteiger partial charge in [-0.15, -0.1) is 0 Å². The second-order valence-electron chi connectivity index (χ2n) is 3.77. The van der Waals surface area contributed by atoms with E-state index in [9.17, 15) is 24.8 Å². The summed E-state index contributed by atoms with van der Waals surface area (Å²) in [7, 11) is 0. The van der Waals surface area contributed by atoms with Gasteiger partial charge in [0.05, 0.1) is 11.0 Å². The molecule has 0 radical (unpaired) electrons. The average molecular weight is 265 g/mol. The van der Waals surface area contributed by atoms with E-state index in [0.29, 0.717) is 0 Å². The van der Waals surface area contributed by atoms with Crippen LogP contribution in [-0.2, 0) is 9.59 Å². The minimum Gasteiger partial charge on any atom is -0.505 e. The number of hydrogen-bond acceptors (Lipinski definition) is 7. The molecule has 1 aromatic rings. The van der Waals surface area contributed by atoms with Crippen molar-refractivity contribution in [2.75, 3.05) is 0 Å². The smallest absolute Gasteiger partial charge is 0.273 e. The lowest BCUT2D eigenvalue weighted by atomic mass is 10.1. The summed E-state index contributed by atoms with van der Waals surface area (Å²) in [6, 6.07) is 1.98. The fourth-order valence-corrected chi connectivity index (χ4v) is 1.28. The van der Waals surface area contributed by atoms with Gasteiger partial charge in [0.15, 0.2) is 17.6 Å². The number of phenolic OH excluding ortho intramolecular Hbond substituents is 1. The molecular formula is C11H11N3O5. The molecule has 0 unspecified atom stereocenters. The molecule has 0 aliphatic rings. The van der Waals surface area contributed by atoms with E-state index in [1.165, 1.54) is 19.9 Å². The summed E-state index contributed by atoms with van der Waals surface area (Å²) in [4.78, 5) is 32.0. The van der Waals surface area contributed by atoms with Crippen molar-refractivity contribution in [3.63, 3.8) is 0 Å². The Balaban J connectivity index is 3.02. The first kappa shape index (κ1) is 14.4. The number of Topliss-reactive ketones (excluding diaryl/α,β-unsaturated/α-hetero) is 2. The van der Waals surface area contributed by atoms with Gasteiger partial charge >= 0.3 is 0 Å². The van der Waals surface area contributed by atoms with Crippen molar-refractivity contribution < 1.29 is 19.6 Å². The van der Waals surface area contributed by atoms with Crippen molar-refractivity contribution >= 4 is 22.9 Å². The molecule has 0 fully saturated rings. The van der Waals surface area contributed by atoms with E-state index in [0.717, 1.165) is 12.1 Å². The molecule has 0 aromatic heterocycles. The third-order valence-corrected chi connectivity index (χ3v) is 2.22. The normalized spacial score (nSPS) is 10.9. The average Bonchev–Trinajstić information content (AvgIpc) is 2.29. The molecule has 0 saturated heterocycles. The van der Waals surface area contributed by atoms with Gasteiger partial charge in [-0.25, -0.2) is 0 Å². The highest BCUT2D eigenvalue weighted by molar-refractivity contribution is 6.04. The molecule has 8 nitrogen and oxygen atoms in total. The van der Waals surface area contributed by atoms with E-state index in [1.54, 1.807) is 0 Å². The highest BCUT2D eigenvalue weighted by atomic mass is 16.6. The SMILES string of the molecule is CC(=O)C(N=Nc1ccc([N+](=O)[O-])cc1O)C(C)=O. The molecule has 0 aliphatic carbocycles. The molecule has 100 valence electrons. The number of phenols is 1. The number of carbonyl (C=O) groups is 2. The molecule has 19 heavy (non-hydrogen) atoms. The molecule has 1 rings (SSSR count). The molecule has 0 atom stereocenters. The fraction of sp³-hybridized carbons (Fsp3) is 0.273. The highest BCUT2D eigenvalue weighted by Crippen LogP contribution is 2.30. The first-order valence-corrected chi connectivity index (χ1v) is 5.22. The number of non-ortho nitro benzene ring substituents is 1. The Morgan fingerprint density at radius 1 is 1.32 bits per heavy atom. The molecule has 0 saturated carbocycles. The summed E-state index contributed by atoms with van der Waals surface area (Å²) in [6.07, 6.45) is 0. The van der Waals surface area contributed by atoms with Crippen molar-refractivity contribution in [2.45, 2.75) is 19.9 Å². The Kier molecular flexibility index (Phi) is 4.41. The standard InChI is InChI=1S/C11H11N3O5/c1-6(15)11(7(2)16)13-12-9-4-3-8(14(18)19)5-10(9)17/h3-5,11,17H,1-2H3. The van der Waals surface area contributed by atoms with Gasteiger partial charge < -0.3 is 5.11 Å². The summed E-state index contributed by atoms with van der Waals surface area (Å²) < 4.78 is 0. The largest absolute Gasteiger partial charge is 0.505 e. The van der Waals surface area contributed by atoms with Crippen LogP contribution in [0.2, 0.25) is 0 Å². The Hall–Kier alpha value is -2.64. The summed E-state index contributed by atoms with van der Waals surface area (Å²) in [5.74, 6) is -1.40. The maximum absolute atomic E-state index is 11.1. The molecule has 0 spiro atoms. The van der Waals surface area contributed by atoms with E-state index in [-0.39, 0.29) is 11.4 Å². The molecule has 0 heterocycles. The van der Waals surface area contributed by atoms with Crippen LogP contribution in [0.15, 0.2) is 28.4 Å². The van der Waals surface area contributed by atoms with Gasteiger partial charge in [0.1, 0.15) is 11.4 Å². The van der Waals surface area contributed by atoms with E-state index >= 15 is 0 Å². The molecule has 1 aromatic carbocycles. The lowest BCUT2D eigenvalue weighted by molar-refractivity contribution is -0.384. The number of nitro benzene ring substituents is 1. The summed E-state index contributed by atoms with van der Waals surface area (Å²) in [5, 5.41) is 27.0. The van der Waals surface area contributed by atoms with Gasteiger partial charge in [-0.05, 0) is 19.9 Å². The quantitative estimate of drug-likeness (QED) is 0.377. The van der Waals surface area contributed by atoms with Gasteiger partial charge in [-0.1, -0.05) is 0 Å². The Bertz CT molecular complexity index is 553. The first-order valence-electron chi connectivity index (χ1n) is 5.22. The number of benzene rings is 1. The molecule has 0 aliphatic heterocycles. The Labute approximate surface area is 107 Å². The summed E-state index contributed by atoms with van der Waals surface area (Å²) in [5.41, 5.74) is -0.357. The van der Waals surface area contributed by atoms with Crippen molar-refractivity contribution in [1.82, 2.24) is 0 Å². The molecule has 1 N–H and O–H groups in total. The van der Waals surface area contributed by atoms with Gasteiger partial charge in [0.2, 0.25) is 0 Å². The fourth-order valence-electron chi connectivity index (χ4n) is 1.28. The van der Waals surface area contributed by atoms with Crippen LogP contribution in [0, 0.1) is 10.1 Å². The van der Waals surface area contributed by atoms with Crippen LogP contribution in [-0.4, -0.2) is 27.6 Å². The zero-order chi connectivity index (χ0) is 14.6. The van der Waals surface area contributed by atoms with Crippen LogP contribution in [0.3, 0.4) is 0 Å². The summed E-state index contributed by atoms with van der Waals surface area (Å²) in [6.45, 7) is 2.39. The maximum atomic E-state index is 11.1. The second-order valence-corrected chi connectivity index (χ2v) is 3.77. The number of azo groups is 1. The van der Waals surface area contributed by atoms with Crippen LogP contribution in [0.25, 0.3) is 0 Å². The zero-order valence-electron chi connectivity index (χ0n) is 10.2. The summed E-state index contributed by atoms with van der Waals surface area (Å²) >= 11 is 0. The van der Waals surface area contributed by atoms with Crippen molar-refractivity contribution in [3.8, 4) is 5.75 Å². The highest BCUT2D eigenvalue weighted by Gasteiger charge is 2.18. The van der Waals surface area contributed by atoms with Crippen LogP contribution < -0.4 is 0 Å². The van der Waals surface area contributed by atoms with Crippen LogP contribution >= 0.6 is 0 Å². The minimum atomic E-state index is -1.23. The lowest BCUT2D eigenvalue weighted by Gasteiger charge is -2.02. The van der Waals surface area contributed by atoms with Gasteiger partial charge in [-0.3, -0.25) is 19.7 Å². The topological polar surface area (TPSA) is 122 Å². The van der Waals surface area contributed by atoms with Crippen molar-refractivity contribution in [2.24, 2.45) is 10.2 Å². The van der Waals surface area contributed by atoms with Crippen molar-refractivity contribution in [3.05, 3.63) is 28.3 Å². The predicted octanol–water partition coefficient (Wildman–Crippen LogP) is 1.93. The van der Waals surface area contributed by atoms with Crippen LogP contribution in [0.1, 0.15) is 13.8 Å². The molecular weight excluding hydrogens is 254 g/mol. The monoisotopic (exact) mass is 265 g/mol. The number of nitrogens with zero attached hydrogens (tertiary/aromatic N) is 3. The third kappa shape index (κ3) is 3.66. The zero-order valence-corrected chi connectivity index (χ0v) is 10.2. The lowest BCUT2D eigenvalue weighted by Crippen LogP contribution is -2.23. The van der Waals surface area contributed by atoms with Gasteiger partial charge in [0.25, 0.3) is 5.69 Å². The van der Waals surface area contributed by atoms with E-state index < -0.39 is 28.3 Å². The number of aromatic hydroxyl groups is 1. The van der Waals surface area contributed by atoms with Gasteiger partial charge in [0, 0.05) is 6.07 Å². The molecule has 0 bridgehead atoms. The minimum absolute atomic E-state index is 0.0573. The molecule has 0 amide bonds. The van der Waals surface area contributed by atoms with E-state index in [2.05, 4.69) is 10.2 Å². The molecule has 8 heteroatoms. The number of ketones is 2. The van der Waals surface area contributed by atoms with E-state index in [1.807, 2.05) is 0 Å². The third-order valence-electron chi connectivity index (χ3n) is 2.22. The first-order chi connectivity index (χ1) is 8.82. The number of nitro groups is 1. The van der Waals surface area contributed by atoms with Crippen LogP contribution in [0.4, 0.5) is 11.4 Å². The predicted molar refractivity (Wildman–Crippen MR) is 64.4 cm³/mol. The second kappa shape index (κ2) is 5.80. The van der Waals surface area contributed by atoms with Crippen molar-refractivity contribution in [1.29, 1.82) is 0 Å². The number of hydrogen-bond donors (Lipinski definition) is 1. The number of rotatable bonds is 5. The van der Waals surface area contributed by atoms with Crippen LogP contribution in [0.5, 0.6) is 5.75 Å². The Morgan fingerprint density at radius 3 is 2.32 bits per heavy atom. The van der Waals surface area contributed by atoms with E-state index in [4.69, 9.17) is 0 Å². The number of carbonyl (C=O) groups excluding carboxylic acids is 2. The maximum Gasteiger partial charge on any atom is 0.273 e. The van der Waals surface area contributed by atoms with Gasteiger partial charge in [-0.2, -0.15) is 10.2 Å². The Morgan fingerprint density at radius 2 is 1.89 bits per heavy atom.